The maximum absolute atomic E-state index is 12.8. The molecule has 0 bridgehead atoms. The van der Waals surface area contributed by atoms with Crippen LogP contribution in [-0.4, -0.2) is 31.2 Å². The molecule has 0 spiro atoms. The van der Waals surface area contributed by atoms with Crippen LogP contribution in [-0.2, 0) is 9.59 Å². The summed E-state index contributed by atoms with van der Waals surface area (Å²) in [6.45, 7) is 0. The Labute approximate surface area is 165 Å². The molecule has 1 atom stereocenters. The van der Waals surface area contributed by atoms with Crippen LogP contribution in [0.2, 0.25) is 5.02 Å². The van der Waals surface area contributed by atoms with E-state index >= 15 is 0 Å². The smallest absolute Gasteiger partial charge is 0.335 e. The van der Waals surface area contributed by atoms with Crippen molar-refractivity contribution in [3.8, 4) is 11.8 Å². The molecule has 4 amide bonds. The molecule has 8 nitrogen and oxygen atoms in total. The number of ether oxygens (including phenoxy) is 1. The highest BCUT2D eigenvalue weighted by molar-refractivity contribution is 6.33. The number of benzene rings is 2. The topological polar surface area (TPSA) is 112 Å². The van der Waals surface area contributed by atoms with Crippen molar-refractivity contribution >= 4 is 47.0 Å². The normalized spacial score (nSPS) is 16.8. The van der Waals surface area contributed by atoms with Crippen molar-refractivity contribution in [1.29, 1.82) is 5.26 Å². The SMILES string of the molecule is COc1cccc(N2C(=O)NC(=O)[C@H](C=Nc3cc(Cl)ccc3C#N)C2=O)c1. The molecule has 140 valence electrons. The zero-order valence-corrected chi connectivity index (χ0v) is 15.3. The first-order valence-corrected chi connectivity index (χ1v) is 8.39. The fourth-order valence-corrected chi connectivity index (χ4v) is 2.74. The lowest BCUT2D eigenvalue weighted by atomic mass is 10.1. The van der Waals surface area contributed by atoms with Gasteiger partial charge in [0.1, 0.15) is 11.8 Å². The number of hydrogen-bond acceptors (Lipinski definition) is 6. The molecule has 3 rings (SSSR count). The molecule has 0 saturated carbocycles. The first kappa shape index (κ1) is 19.1. The highest BCUT2D eigenvalue weighted by atomic mass is 35.5. The molecule has 9 heteroatoms. The number of hydrogen-bond donors (Lipinski definition) is 1. The number of carbonyl (C=O) groups excluding carboxylic acids is 3. The van der Waals surface area contributed by atoms with Crippen LogP contribution in [0.25, 0.3) is 0 Å². The number of nitriles is 1. The van der Waals surface area contributed by atoms with Gasteiger partial charge < -0.3 is 4.74 Å². The van der Waals surface area contributed by atoms with Crippen LogP contribution < -0.4 is 15.0 Å². The number of imide groups is 2. The summed E-state index contributed by atoms with van der Waals surface area (Å²) in [5.41, 5.74) is 0.679. The molecule has 0 radical (unpaired) electrons. The van der Waals surface area contributed by atoms with Gasteiger partial charge in [-0.25, -0.2) is 9.69 Å². The summed E-state index contributed by atoms with van der Waals surface area (Å²) in [5.74, 6) is -2.49. The molecule has 2 aromatic carbocycles. The second kappa shape index (κ2) is 7.90. The molecule has 1 fully saturated rings. The fourth-order valence-electron chi connectivity index (χ4n) is 2.58. The maximum atomic E-state index is 12.8. The van der Waals surface area contributed by atoms with Crippen LogP contribution in [0.5, 0.6) is 5.75 Å². The molecular formula is C19H13ClN4O4. The minimum atomic E-state index is -1.35. The zero-order valence-electron chi connectivity index (χ0n) is 14.5. The van der Waals surface area contributed by atoms with Gasteiger partial charge in [-0.15, -0.1) is 0 Å². The van der Waals surface area contributed by atoms with Gasteiger partial charge in [-0.1, -0.05) is 17.7 Å². The molecule has 1 saturated heterocycles. The summed E-state index contributed by atoms with van der Waals surface area (Å²) >= 11 is 5.91. The Morgan fingerprint density at radius 1 is 1.25 bits per heavy atom. The predicted octanol–water partition coefficient (Wildman–Crippen LogP) is 2.82. The molecule has 1 aliphatic heterocycles. The number of nitrogens with one attached hydrogen (secondary N) is 1. The van der Waals surface area contributed by atoms with E-state index in [0.717, 1.165) is 11.1 Å². The maximum Gasteiger partial charge on any atom is 0.335 e. The van der Waals surface area contributed by atoms with E-state index in [1.165, 1.54) is 37.4 Å². The lowest BCUT2D eigenvalue weighted by Crippen LogP contribution is -2.58. The van der Waals surface area contributed by atoms with E-state index in [-0.39, 0.29) is 16.9 Å². The van der Waals surface area contributed by atoms with Crippen molar-refractivity contribution in [2.24, 2.45) is 10.9 Å². The summed E-state index contributed by atoms with van der Waals surface area (Å²) < 4.78 is 5.10. The molecule has 2 aromatic rings. The quantitative estimate of drug-likeness (QED) is 0.630. The summed E-state index contributed by atoms with van der Waals surface area (Å²) in [5, 5.41) is 11.6. The van der Waals surface area contributed by atoms with Crippen molar-refractivity contribution in [2.75, 3.05) is 12.0 Å². The molecule has 1 aliphatic rings. The van der Waals surface area contributed by atoms with Gasteiger partial charge in [0, 0.05) is 17.3 Å². The first-order chi connectivity index (χ1) is 13.4. The van der Waals surface area contributed by atoms with Crippen LogP contribution >= 0.6 is 11.6 Å². The fraction of sp³-hybridized carbons (Fsp3) is 0.105. The van der Waals surface area contributed by atoms with Crippen molar-refractivity contribution in [3.63, 3.8) is 0 Å². The number of carbonyl (C=O) groups is 3. The number of anilines is 1. The predicted molar refractivity (Wildman–Crippen MR) is 102 cm³/mol. The Hall–Kier alpha value is -3.70. The van der Waals surface area contributed by atoms with E-state index in [1.54, 1.807) is 12.1 Å². The Morgan fingerprint density at radius 3 is 2.75 bits per heavy atom. The lowest BCUT2D eigenvalue weighted by Gasteiger charge is -2.28. The molecule has 0 unspecified atom stereocenters. The highest BCUT2D eigenvalue weighted by Gasteiger charge is 2.40. The van der Waals surface area contributed by atoms with Crippen molar-refractivity contribution < 1.29 is 19.1 Å². The third-order valence-corrected chi connectivity index (χ3v) is 4.19. The number of urea groups is 1. The van der Waals surface area contributed by atoms with Gasteiger partial charge in [-0.05, 0) is 30.3 Å². The van der Waals surface area contributed by atoms with E-state index < -0.39 is 23.8 Å². The Kier molecular flexibility index (Phi) is 5.38. The number of aliphatic imine (C=N–C) groups is 1. The van der Waals surface area contributed by atoms with E-state index in [2.05, 4.69) is 10.3 Å². The van der Waals surface area contributed by atoms with Crippen molar-refractivity contribution in [2.45, 2.75) is 0 Å². The summed E-state index contributed by atoms with van der Waals surface area (Å²) in [6.07, 6.45) is 1.09. The lowest BCUT2D eigenvalue weighted by molar-refractivity contribution is -0.131. The summed E-state index contributed by atoms with van der Waals surface area (Å²) in [4.78, 5) is 42.1. The third kappa shape index (κ3) is 3.70. The standard InChI is InChI=1S/C19H13ClN4O4/c1-28-14-4-2-3-13(8-14)24-18(26)15(17(25)23-19(24)27)10-22-16-7-12(20)6-5-11(16)9-21/h2-8,10,15H,1H3,(H,23,25,27)/t15-/m0/s1. The Bertz CT molecular complexity index is 1040. The van der Waals surface area contributed by atoms with Crippen LogP contribution in [0.1, 0.15) is 5.56 Å². The van der Waals surface area contributed by atoms with Crippen molar-refractivity contribution in [3.05, 3.63) is 53.1 Å². The Morgan fingerprint density at radius 2 is 2.04 bits per heavy atom. The largest absolute Gasteiger partial charge is 0.497 e. The van der Waals surface area contributed by atoms with Gasteiger partial charge in [0.15, 0.2) is 5.92 Å². The molecule has 1 heterocycles. The molecule has 28 heavy (non-hydrogen) atoms. The van der Waals surface area contributed by atoms with Crippen LogP contribution in [0.4, 0.5) is 16.2 Å². The molecule has 1 N–H and O–H groups in total. The van der Waals surface area contributed by atoms with Crippen molar-refractivity contribution in [1.82, 2.24) is 5.32 Å². The minimum Gasteiger partial charge on any atom is -0.497 e. The van der Waals surface area contributed by atoms with Gasteiger partial charge in [-0.2, -0.15) is 5.26 Å². The molecular weight excluding hydrogens is 384 g/mol. The van der Waals surface area contributed by atoms with Crippen LogP contribution in [0.15, 0.2) is 47.5 Å². The van der Waals surface area contributed by atoms with Gasteiger partial charge in [-0.3, -0.25) is 19.9 Å². The number of amides is 4. The second-order valence-corrected chi connectivity index (χ2v) is 6.14. The van der Waals surface area contributed by atoms with E-state index in [4.69, 9.17) is 21.6 Å². The zero-order chi connectivity index (χ0) is 20.3. The van der Waals surface area contributed by atoms with Crippen LogP contribution in [0.3, 0.4) is 0 Å². The monoisotopic (exact) mass is 396 g/mol. The number of barbiturate groups is 1. The minimum absolute atomic E-state index is 0.209. The average Bonchev–Trinajstić information content (AvgIpc) is 2.68. The average molecular weight is 397 g/mol. The molecule has 0 aliphatic carbocycles. The van der Waals surface area contributed by atoms with E-state index in [0.29, 0.717) is 10.8 Å². The van der Waals surface area contributed by atoms with Crippen LogP contribution in [0, 0.1) is 17.2 Å². The van der Waals surface area contributed by atoms with E-state index in [1.807, 2.05) is 6.07 Å². The molecule has 0 aromatic heterocycles. The summed E-state index contributed by atoms with van der Waals surface area (Å²) in [6, 6.07) is 11.8. The number of rotatable bonds is 4. The first-order valence-electron chi connectivity index (χ1n) is 8.01. The number of methoxy groups -OCH3 is 1. The summed E-state index contributed by atoms with van der Waals surface area (Å²) in [7, 11) is 1.45. The second-order valence-electron chi connectivity index (χ2n) is 5.70. The van der Waals surface area contributed by atoms with Gasteiger partial charge in [0.2, 0.25) is 5.91 Å². The number of halogens is 1. The number of nitrogens with zero attached hydrogens (tertiary/aromatic N) is 3. The van der Waals surface area contributed by atoms with Gasteiger partial charge in [0.25, 0.3) is 5.91 Å². The third-order valence-electron chi connectivity index (χ3n) is 3.96. The van der Waals surface area contributed by atoms with Gasteiger partial charge >= 0.3 is 6.03 Å². The Balaban J connectivity index is 1.94. The highest BCUT2D eigenvalue weighted by Crippen LogP contribution is 2.26. The van der Waals surface area contributed by atoms with E-state index in [9.17, 15) is 14.4 Å². The van der Waals surface area contributed by atoms with Gasteiger partial charge in [0.05, 0.1) is 24.0 Å².